The number of ether oxygens (including phenoxy) is 1. The number of piperidine rings is 1. The van der Waals surface area contributed by atoms with Crippen molar-refractivity contribution >= 4 is 17.2 Å². The van der Waals surface area contributed by atoms with Crippen molar-refractivity contribution in [1.29, 1.82) is 0 Å². The number of likely N-dealkylation sites (tertiary alicyclic amines) is 1. The van der Waals surface area contributed by atoms with Gasteiger partial charge < -0.3 is 10.1 Å². The molecule has 0 unspecified atom stereocenters. The van der Waals surface area contributed by atoms with Crippen LogP contribution in [-0.4, -0.2) is 36.0 Å². The summed E-state index contributed by atoms with van der Waals surface area (Å²) < 4.78 is 5.80. The number of carbonyl (C=O) groups is 1. The van der Waals surface area contributed by atoms with E-state index in [1.165, 1.54) is 19.3 Å². The van der Waals surface area contributed by atoms with Crippen LogP contribution in [0.15, 0.2) is 30.3 Å². The summed E-state index contributed by atoms with van der Waals surface area (Å²) in [7, 11) is 0. The maximum atomic E-state index is 12.6. The Labute approximate surface area is 165 Å². The van der Waals surface area contributed by atoms with Crippen molar-refractivity contribution in [1.82, 2.24) is 10.2 Å². The Hall–Kier alpha value is -1.85. The second-order valence-electron chi connectivity index (χ2n) is 7.73. The van der Waals surface area contributed by atoms with E-state index in [1.54, 1.807) is 11.3 Å². The molecule has 144 valence electrons. The SMILES string of the molecule is C[C@@H]1CCC[C@H](C)N1CCCNC(=O)c1cc2c(s1)-c1ccccc1OC2. The second kappa shape index (κ2) is 8.03. The molecular weight excluding hydrogens is 356 g/mol. The van der Waals surface area contributed by atoms with Gasteiger partial charge in [0.05, 0.1) is 4.88 Å². The Balaban J connectivity index is 1.33. The number of rotatable bonds is 5. The van der Waals surface area contributed by atoms with Crippen molar-refractivity contribution in [2.45, 2.75) is 58.2 Å². The minimum absolute atomic E-state index is 0.0339. The highest BCUT2D eigenvalue weighted by Gasteiger charge is 2.24. The Kier molecular flexibility index (Phi) is 5.50. The van der Waals surface area contributed by atoms with Gasteiger partial charge in [-0.3, -0.25) is 9.69 Å². The van der Waals surface area contributed by atoms with Crippen molar-refractivity contribution < 1.29 is 9.53 Å². The Bertz CT molecular complexity index is 806. The van der Waals surface area contributed by atoms with Crippen LogP contribution in [0.3, 0.4) is 0 Å². The molecule has 1 amide bonds. The van der Waals surface area contributed by atoms with E-state index in [-0.39, 0.29) is 5.91 Å². The maximum absolute atomic E-state index is 12.6. The van der Waals surface area contributed by atoms with E-state index in [2.05, 4.69) is 30.1 Å². The van der Waals surface area contributed by atoms with E-state index < -0.39 is 0 Å². The minimum atomic E-state index is 0.0339. The average Bonchev–Trinajstić information content (AvgIpc) is 3.12. The van der Waals surface area contributed by atoms with Gasteiger partial charge in [-0.1, -0.05) is 18.6 Å². The topological polar surface area (TPSA) is 41.6 Å². The van der Waals surface area contributed by atoms with Crippen LogP contribution in [0, 0.1) is 0 Å². The molecule has 1 aromatic heterocycles. The second-order valence-corrected chi connectivity index (χ2v) is 8.78. The zero-order valence-corrected chi connectivity index (χ0v) is 17.0. The third-order valence-electron chi connectivity index (χ3n) is 5.80. The molecule has 2 aromatic rings. The van der Waals surface area contributed by atoms with E-state index in [9.17, 15) is 4.79 Å². The molecule has 1 N–H and O–H groups in total. The molecule has 0 aliphatic carbocycles. The van der Waals surface area contributed by atoms with Crippen LogP contribution in [0.4, 0.5) is 0 Å². The van der Waals surface area contributed by atoms with Gasteiger partial charge in [0.25, 0.3) is 5.91 Å². The van der Waals surface area contributed by atoms with Crippen molar-refractivity contribution in [2.75, 3.05) is 13.1 Å². The molecular formula is C22H28N2O2S. The average molecular weight is 385 g/mol. The van der Waals surface area contributed by atoms with Gasteiger partial charge in [0.1, 0.15) is 12.4 Å². The summed E-state index contributed by atoms with van der Waals surface area (Å²) in [6.07, 6.45) is 4.92. The molecule has 2 aliphatic heterocycles. The summed E-state index contributed by atoms with van der Waals surface area (Å²) in [5.74, 6) is 0.940. The normalized spacial score (nSPS) is 21.9. The number of nitrogens with one attached hydrogen (secondary N) is 1. The predicted octanol–water partition coefficient (Wildman–Crippen LogP) is 4.69. The lowest BCUT2D eigenvalue weighted by atomic mass is 9.97. The highest BCUT2D eigenvalue weighted by molar-refractivity contribution is 7.17. The highest BCUT2D eigenvalue weighted by Crippen LogP contribution is 2.42. The Morgan fingerprint density at radius 2 is 2.04 bits per heavy atom. The van der Waals surface area contributed by atoms with Crippen LogP contribution in [0.2, 0.25) is 0 Å². The zero-order chi connectivity index (χ0) is 18.8. The Morgan fingerprint density at radius 3 is 2.85 bits per heavy atom. The van der Waals surface area contributed by atoms with E-state index in [0.717, 1.165) is 46.1 Å². The standard InChI is InChI=1S/C22H28N2O2S/c1-15-7-5-8-16(2)24(15)12-6-11-23-22(25)20-13-17-14-26-19-10-4-3-9-18(19)21(17)27-20/h3-4,9-10,13,15-16H,5-8,11-12,14H2,1-2H3,(H,23,25)/t15-,16+. The Morgan fingerprint density at radius 1 is 1.26 bits per heavy atom. The van der Waals surface area contributed by atoms with Crippen molar-refractivity contribution in [3.05, 3.63) is 40.8 Å². The number of hydrogen-bond acceptors (Lipinski definition) is 4. The predicted molar refractivity (Wildman–Crippen MR) is 111 cm³/mol. The first kappa shape index (κ1) is 18.5. The number of para-hydroxylation sites is 1. The summed E-state index contributed by atoms with van der Waals surface area (Å²) in [5, 5.41) is 3.11. The number of carbonyl (C=O) groups excluding carboxylic acids is 1. The first-order chi connectivity index (χ1) is 13.1. The third-order valence-corrected chi connectivity index (χ3v) is 7.01. The smallest absolute Gasteiger partial charge is 0.261 e. The van der Waals surface area contributed by atoms with Crippen LogP contribution >= 0.6 is 11.3 Å². The zero-order valence-electron chi connectivity index (χ0n) is 16.2. The lowest BCUT2D eigenvalue weighted by Gasteiger charge is -2.39. The fourth-order valence-electron chi connectivity index (χ4n) is 4.28. The molecule has 4 rings (SSSR count). The molecule has 1 aromatic carbocycles. The fourth-order valence-corrected chi connectivity index (χ4v) is 5.39. The monoisotopic (exact) mass is 384 g/mol. The van der Waals surface area contributed by atoms with Crippen LogP contribution in [0.1, 0.15) is 54.8 Å². The largest absolute Gasteiger partial charge is 0.488 e. The van der Waals surface area contributed by atoms with Gasteiger partial charge in [-0.05, 0) is 51.3 Å². The highest BCUT2D eigenvalue weighted by atomic mass is 32.1. The summed E-state index contributed by atoms with van der Waals surface area (Å²) in [6.45, 7) is 6.98. The summed E-state index contributed by atoms with van der Waals surface area (Å²) in [6, 6.07) is 11.4. The van der Waals surface area contributed by atoms with Crippen LogP contribution in [0.25, 0.3) is 10.4 Å². The molecule has 3 heterocycles. The maximum Gasteiger partial charge on any atom is 0.261 e. The van der Waals surface area contributed by atoms with Gasteiger partial charge in [-0.2, -0.15) is 0 Å². The van der Waals surface area contributed by atoms with Gasteiger partial charge in [0, 0.05) is 41.2 Å². The lowest BCUT2D eigenvalue weighted by molar-refractivity contribution is 0.0928. The van der Waals surface area contributed by atoms with Gasteiger partial charge >= 0.3 is 0 Å². The minimum Gasteiger partial charge on any atom is -0.488 e. The molecule has 27 heavy (non-hydrogen) atoms. The molecule has 4 nitrogen and oxygen atoms in total. The van der Waals surface area contributed by atoms with Crippen LogP contribution in [0.5, 0.6) is 5.75 Å². The van der Waals surface area contributed by atoms with Gasteiger partial charge in [-0.25, -0.2) is 0 Å². The summed E-state index contributed by atoms with van der Waals surface area (Å²) >= 11 is 1.57. The van der Waals surface area contributed by atoms with E-state index in [0.29, 0.717) is 18.7 Å². The van der Waals surface area contributed by atoms with Gasteiger partial charge in [0.2, 0.25) is 0 Å². The molecule has 1 saturated heterocycles. The van der Waals surface area contributed by atoms with Crippen molar-refractivity contribution in [3.8, 4) is 16.2 Å². The van der Waals surface area contributed by atoms with Gasteiger partial charge in [-0.15, -0.1) is 11.3 Å². The quantitative estimate of drug-likeness (QED) is 0.761. The number of nitrogens with zero attached hydrogens (tertiary/aromatic N) is 1. The van der Waals surface area contributed by atoms with Crippen molar-refractivity contribution in [3.63, 3.8) is 0 Å². The van der Waals surface area contributed by atoms with E-state index in [4.69, 9.17) is 4.74 Å². The third kappa shape index (κ3) is 3.90. The number of fused-ring (bicyclic) bond motifs is 3. The van der Waals surface area contributed by atoms with E-state index in [1.807, 2.05) is 24.3 Å². The molecule has 0 saturated carbocycles. The molecule has 2 atom stereocenters. The fraction of sp³-hybridized carbons (Fsp3) is 0.500. The van der Waals surface area contributed by atoms with Crippen molar-refractivity contribution in [2.24, 2.45) is 0 Å². The van der Waals surface area contributed by atoms with Crippen LogP contribution < -0.4 is 10.1 Å². The van der Waals surface area contributed by atoms with E-state index >= 15 is 0 Å². The lowest BCUT2D eigenvalue weighted by Crippen LogP contribution is -2.44. The van der Waals surface area contributed by atoms with Gasteiger partial charge in [0.15, 0.2) is 0 Å². The van der Waals surface area contributed by atoms with Crippen LogP contribution in [-0.2, 0) is 6.61 Å². The summed E-state index contributed by atoms with van der Waals surface area (Å²) in [5.41, 5.74) is 2.20. The molecule has 0 radical (unpaired) electrons. The number of hydrogen-bond donors (Lipinski definition) is 1. The molecule has 0 spiro atoms. The molecule has 1 fully saturated rings. The number of benzene rings is 1. The number of thiophene rings is 1. The number of amides is 1. The first-order valence-electron chi connectivity index (χ1n) is 10.0. The first-order valence-corrected chi connectivity index (χ1v) is 10.8. The summed E-state index contributed by atoms with van der Waals surface area (Å²) in [4.78, 5) is 17.1. The molecule has 0 bridgehead atoms. The molecule has 5 heteroatoms. The molecule has 2 aliphatic rings.